The third-order valence-corrected chi connectivity index (χ3v) is 5.16. The number of allylic oxidation sites excluding steroid dienone is 1. The summed E-state index contributed by atoms with van der Waals surface area (Å²) >= 11 is 5.77. The summed E-state index contributed by atoms with van der Waals surface area (Å²) in [5.41, 5.74) is 1.63. The second-order valence-corrected chi connectivity index (χ2v) is 7.42. The van der Waals surface area contributed by atoms with Gasteiger partial charge in [-0.3, -0.25) is 0 Å². The van der Waals surface area contributed by atoms with Gasteiger partial charge in [-0.1, -0.05) is 23.7 Å². The number of benzene rings is 2. The molecule has 0 bridgehead atoms. The Balaban J connectivity index is 2.42. The summed E-state index contributed by atoms with van der Waals surface area (Å²) in [6.07, 6.45) is 1.36. The Kier molecular flexibility index (Phi) is 5.09. The minimum absolute atomic E-state index is 0.0413. The highest BCUT2D eigenvalue weighted by molar-refractivity contribution is 7.95. The number of nitrogens with zero attached hydrogens (tertiary/aromatic N) is 2. The van der Waals surface area contributed by atoms with Gasteiger partial charge in [-0.25, -0.2) is 8.42 Å². The van der Waals surface area contributed by atoms with Crippen molar-refractivity contribution in [1.29, 1.82) is 5.26 Å². The lowest BCUT2D eigenvalue weighted by Gasteiger charge is -2.12. The molecular formula is C17H15ClN2O2S. The molecule has 23 heavy (non-hydrogen) atoms. The maximum absolute atomic E-state index is 12.5. The monoisotopic (exact) mass is 346 g/mol. The Hall–Kier alpha value is -2.29. The van der Waals surface area contributed by atoms with E-state index in [1.165, 1.54) is 30.3 Å². The Bertz CT molecular complexity index is 862. The Morgan fingerprint density at radius 2 is 1.65 bits per heavy atom. The summed E-state index contributed by atoms with van der Waals surface area (Å²) in [5.74, 6) is 0. The standard InChI is InChI=1S/C17H15ClN2O2S/c1-20(2)15-7-3-13(4-8-15)11-17(12-19)23(21,22)16-9-5-14(18)6-10-16/h3-11H,1-2H3/b17-11+. The third-order valence-electron chi connectivity index (χ3n) is 3.23. The fourth-order valence-corrected chi connectivity index (χ4v) is 3.22. The van der Waals surface area contributed by atoms with E-state index in [0.29, 0.717) is 10.6 Å². The minimum atomic E-state index is -3.86. The van der Waals surface area contributed by atoms with Crippen molar-refractivity contribution in [1.82, 2.24) is 0 Å². The maximum atomic E-state index is 12.5. The summed E-state index contributed by atoms with van der Waals surface area (Å²) in [7, 11) is -0.0351. The zero-order valence-electron chi connectivity index (χ0n) is 12.7. The SMILES string of the molecule is CN(C)c1ccc(/C=C(\C#N)S(=O)(=O)c2ccc(Cl)cc2)cc1. The maximum Gasteiger partial charge on any atom is 0.216 e. The van der Waals surface area contributed by atoms with Crippen LogP contribution in [0.15, 0.2) is 58.3 Å². The van der Waals surface area contributed by atoms with Crippen molar-refractivity contribution in [2.24, 2.45) is 0 Å². The van der Waals surface area contributed by atoms with Crippen molar-refractivity contribution >= 4 is 33.2 Å². The Labute approximate surface area is 141 Å². The van der Waals surface area contributed by atoms with Gasteiger partial charge in [-0.2, -0.15) is 5.26 Å². The molecular weight excluding hydrogens is 332 g/mol. The summed E-state index contributed by atoms with van der Waals surface area (Å²) < 4.78 is 25.0. The van der Waals surface area contributed by atoms with Crippen LogP contribution in [0, 0.1) is 11.3 Å². The van der Waals surface area contributed by atoms with Gasteiger partial charge in [0.25, 0.3) is 0 Å². The van der Waals surface area contributed by atoms with E-state index in [2.05, 4.69) is 0 Å². The quantitative estimate of drug-likeness (QED) is 0.791. The molecule has 0 saturated heterocycles. The van der Waals surface area contributed by atoms with E-state index < -0.39 is 9.84 Å². The summed E-state index contributed by atoms with van der Waals surface area (Å²) in [6, 6.07) is 14.8. The fourth-order valence-electron chi connectivity index (χ4n) is 1.93. The molecule has 0 atom stereocenters. The first kappa shape index (κ1) is 17.1. The first-order valence-corrected chi connectivity index (χ1v) is 8.60. The van der Waals surface area contributed by atoms with Crippen LogP contribution in [0.25, 0.3) is 6.08 Å². The molecule has 0 amide bonds. The number of halogens is 1. The van der Waals surface area contributed by atoms with Crippen molar-refractivity contribution in [2.75, 3.05) is 19.0 Å². The van der Waals surface area contributed by atoms with Gasteiger partial charge in [0.2, 0.25) is 9.84 Å². The predicted octanol–water partition coefficient (Wildman–Crippen LogP) is 3.74. The van der Waals surface area contributed by atoms with Crippen LogP contribution < -0.4 is 4.90 Å². The smallest absolute Gasteiger partial charge is 0.216 e. The molecule has 0 radical (unpaired) electrons. The van der Waals surface area contributed by atoms with Gasteiger partial charge in [0.1, 0.15) is 11.0 Å². The Morgan fingerprint density at radius 1 is 1.09 bits per heavy atom. The Morgan fingerprint density at radius 3 is 2.13 bits per heavy atom. The van der Waals surface area contributed by atoms with Crippen molar-refractivity contribution in [3.63, 3.8) is 0 Å². The first-order chi connectivity index (χ1) is 10.8. The van der Waals surface area contributed by atoms with Gasteiger partial charge in [0.05, 0.1) is 4.90 Å². The van der Waals surface area contributed by atoms with Gasteiger partial charge in [0.15, 0.2) is 0 Å². The molecule has 0 heterocycles. The van der Waals surface area contributed by atoms with E-state index in [9.17, 15) is 13.7 Å². The van der Waals surface area contributed by atoms with Crippen molar-refractivity contribution < 1.29 is 8.42 Å². The summed E-state index contributed by atoms with van der Waals surface area (Å²) in [4.78, 5) is 1.67. The zero-order valence-corrected chi connectivity index (χ0v) is 14.3. The van der Waals surface area contributed by atoms with E-state index in [0.717, 1.165) is 5.69 Å². The molecule has 6 heteroatoms. The van der Waals surface area contributed by atoms with Crippen LogP contribution in [0.2, 0.25) is 5.02 Å². The van der Waals surface area contributed by atoms with Gasteiger partial charge in [-0.15, -0.1) is 0 Å². The predicted molar refractivity (Wildman–Crippen MR) is 93.0 cm³/mol. The second-order valence-electron chi connectivity index (χ2n) is 5.06. The molecule has 0 aromatic heterocycles. The van der Waals surface area contributed by atoms with E-state index in [1.807, 2.05) is 31.1 Å². The van der Waals surface area contributed by atoms with Crippen molar-refractivity contribution in [3.8, 4) is 6.07 Å². The number of hydrogen-bond acceptors (Lipinski definition) is 4. The van der Waals surface area contributed by atoms with Gasteiger partial charge in [0, 0.05) is 24.8 Å². The van der Waals surface area contributed by atoms with Gasteiger partial charge in [-0.05, 0) is 48.0 Å². The normalized spacial score (nSPS) is 11.8. The van der Waals surface area contributed by atoms with Gasteiger partial charge >= 0.3 is 0 Å². The lowest BCUT2D eigenvalue weighted by atomic mass is 10.2. The topological polar surface area (TPSA) is 61.2 Å². The highest BCUT2D eigenvalue weighted by Gasteiger charge is 2.20. The molecule has 2 rings (SSSR count). The molecule has 0 aliphatic carbocycles. The molecule has 0 unspecified atom stereocenters. The molecule has 0 aliphatic heterocycles. The second kappa shape index (κ2) is 6.86. The van der Waals surface area contributed by atoms with Gasteiger partial charge < -0.3 is 4.90 Å². The summed E-state index contributed by atoms with van der Waals surface area (Å²) in [6.45, 7) is 0. The van der Waals surface area contributed by atoms with Crippen LogP contribution in [-0.4, -0.2) is 22.5 Å². The largest absolute Gasteiger partial charge is 0.378 e. The zero-order chi connectivity index (χ0) is 17.0. The third kappa shape index (κ3) is 3.92. The molecule has 118 valence electrons. The lowest BCUT2D eigenvalue weighted by molar-refractivity contribution is 0.603. The van der Waals surface area contributed by atoms with E-state index >= 15 is 0 Å². The molecule has 0 fully saturated rings. The number of nitriles is 1. The van der Waals surface area contributed by atoms with Crippen molar-refractivity contribution in [2.45, 2.75) is 4.90 Å². The van der Waals surface area contributed by atoms with E-state index in [-0.39, 0.29) is 9.80 Å². The van der Waals surface area contributed by atoms with Crippen LogP contribution in [0.1, 0.15) is 5.56 Å². The summed E-state index contributed by atoms with van der Waals surface area (Å²) in [5, 5.41) is 9.69. The van der Waals surface area contributed by atoms with Crippen molar-refractivity contribution in [3.05, 3.63) is 64.0 Å². The van der Waals surface area contributed by atoms with Crippen LogP contribution in [0.5, 0.6) is 0 Å². The molecule has 0 saturated carbocycles. The number of hydrogen-bond donors (Lipinski definition) is 0. The van der Waals surface area contributed by atoms with Crippen LogP contribution in [-0.2, 0) is 9.84 Å². The highest BCUT2D eigenvalue weighted by atomic mass is 35.5. The molecule has 4 nitrogen and oxygen atoms in total. The number of rotatable bonds is 4. The molecule has 2 aromatic rings. The molecule has 0 spiro atoms. The molecule has 0 aliphatic rings. The average molecular weight is 347 g/mol. The first-order valence-electron chi connectivity index (χ1n) is 6.74. The van der Waals surface area contributed by atoms with E-state index in [4.69, 9.17) is 11.6 Å². The minimum Gasteiger partial charge on any atom is -0.378 e. The van der Waals surface area contributed by atoms with Crippen LogP contribution in [0.3, 0.4) is 0 Å². The average Bonchev–Trinajstić information content (AvgIpc) is 2.53. The lowest BCUT2D eigenvalue weighted by Crippen LogP contribution is -2.08. The fraction of sp³-hybridized carbons (Fsp3) is 0.118. The highest BCUT2D eigenvalue weighted by Crippen LogP contribution is 2.23. The molecule has 0 N–H and O–H groups in total. The van der Waals surface area contributed by atoms with Crippen LogP contribution in [0.4, 0.5) is 5.69 Å². The van der Waals surface area contributed by atoms with E-state index in [1.54, 1.807) is 18.2 Å². The molecule has 2 aromatic carbocycles. The van der Waals surface area contributed by atoms with Crippen LogP contribution >= 0.6 is 11.6 Å². The number of sulfone groups is 1. The number of anilines is 1.